The van der Waals surface area contributed by atoms with E-state index in [0.29, 0.717) is 5.91 Å². The zero-order chi connectivity index (χ0) is 17.6. The maximum Gasteiger partial charge on any atom is 0.222 e. The van der Waals surface area contributed by atoms with Crippen molar-refractivity contribution in [3.63, 3.8) is 0 Å². The third kappa shape index (κ3) is 5.41. The van der Waals surface area contributed by atoms with Crippen LogP contribution in [0.1, 0.15) is 52.4 Å². The van der Waals surface area contributed by atoms with Crippen LogP contribution in [0.15, 0.2) is 0 Å². The molecule has 1 amide bonds. The Kier molecular flexibility index (Phi) is 7.14. The molecule has 3 fully saturated rings. The van der Waals surface area contributed by atoms with E-state index in [-0.39, 0.29) is 0 Å². The molecule has 144 valence electrons. The number of hydrogen-bond acceptors (Lipinski definition) is 4. The molecule has 3 rings (SSSR count). The number of piperazine rings is 1. The summed E-state index contributed by atoms with van der Waals surface area (Å²) in [5.41, 5.74) is 0. The number of carbonyl (C=O) groups is 1. The lowest BCUT2D eigenvalue weighted by Gasteiger charge is -2.36. The maximum atomic E-state index is 12.5. The van der Waals surface area contributed by atoms with Gasteiger partial charge in [0.1, 0.15) is 0 Å². The van der Waals surface area contributed by atoms with Gasteiger partial charge < -0.3 is 10.2 Å². The highest BCUT2D eigenvalue weighted by atomic mass is 16.2. The molecule has 5 nitrogen and oxygen atoms in total. The Bertz CT molecular complexity index is 406. The first kappa shape index (κ1) is 19.1. The third-order valence-corrected chi connectivity index (χ3v) is 6.76. The molecule has 0 spiro atoms. The third-order valence-electron chi connectivity index (χ3n) is 6.76. The fourth-order valence-corrected chi connectivity index (χ4v) is 4.82. The van der Waals surface area contributed by atoms with Crippen LogP contribution in [0.5, 0.6) is 0 Å². The summed E-state index contributed by atoms with van der Waals surface area (Å²) >= 11 is 0. The smallest absolute Gasteiger partial charge is 0.222 e. The largest absolute Gasteiger partial charge is 0.340 e. The van der Waals surface area contributed by atoms with Gasteiger partial charge in [-0.25, -0.2) is 0 Å². The Morgan fingerprint density at radius 2 is 1.56 bits per heavy atom. The van der Waals surface area contributed by atoms with Gasteiger partial charge in [0.15, 0.2) is 0 Å². The number of rotatable bonds is 6. The molecule has 0 radical (unpaired) electrons. The van der Waals surface area contributed by atoms with Crippen LogP contribution in [-0.4, -0.2) is 85.0 Å². The second kappa shape index (κ2) is 9.33. The van der Waals surface area contributed by atoms with Crippen molar-refractivity contribution in [1.29, 1.82) is 0 Å². The molecule has 3 saturated heterocycles. The van der Waals surface area contributed by atoms with Crippen molar-refractivity contribution in [1.82, 2.24) is 20.0 Å². The van der Waals surface area contributed by atoms with Gasteiger partial charge in [-0.05, 0) is 65.0 Å². The first-order chi connectivity index (χ1) is 12.1. The zero-order valence-corrected chi connectivity index (χ0v) is 16.4. The van der Waals surface area contributed by atoms with Crippen molar-refractivity contribution in [2.45, 2.75) is 64.5 Å². The van der Waals surface area contributed by atoms with Crippen LogP contribution in [0, 0.1) is 5.92 Å². The zero-order valence-electron chi connectivity index (χ0n) is 16.4. The predicted molar refractivity (Wildman–Crippen MR) is 103 cm³/mol. The molecular formula is C20H38N4O. The lowest BCUT2D eigenvalue weighted by atomic mass is 9.93. The molecule has 0 bridgehead atoms. The van der Waals surface area contributed by atoms with Crippen molar-refractivity contribution in [2.75, 3.05) is 52.4 Å². The van der Waals surface area contributed by atoms with E-state index in [1.165, 1.54) is 32.2 Å². The average molecular weight is 351 g/mol. The van der Waals surface area contributed by atoms with Crippen molar-refractivity contribution >= 4 is 5.91 Å². The topological polar surface area (TPSA) is 38.8 Å². The number of likely N-dealkylation sites (tertiary alicyclic amines) is 1. The first-order valence-corrected chi connectivity index (χ1v) is 10.6. The molecule has 0 aliphatic carbocycles. The molecular weight excluding hydrogens is 312 g/mol. The summed E-state index contributed by atoms with van der Waals surface area (Å²) in [4.78, 5) is 19.8. The standard InChI is InChI=1S/C20H38N4O/c1-17-3-4-18(2)24(17)16-13-22-11-14-23(15-12-22)20(25)6-5-19-7-9-21-10-8-19/h17-19,21H,3-16H2,1-2H3. The molecule has 2 atom stereocenters. The molecule has 2 unspecified atom stereocenters. The van der Waals surface area contributed by atoms with E-state index in [1.807, 2.05) is 0 Å². The second-order valence-electron chi connectivity index (χ2n) is 8.47. The SMILES string of the molecule is CC1CCC(C)N1CCN1CCN(C(=O)CCC2CCNCC2)CC1. The number of nitrogens with one attached hydrogen (secondary N) is 1. The summed E-state index contributed by atoms with van der Waals surface area (Å²) in [5, 5.41) is 3.40. The minimum absolute atomic E-state index is 0.389. The number of piperidine rings is 1. The summed E-state index contributed by atoms with van der Waals surface area (Å²) in [6.45, 7) is 13.3. The highest BCUT2D eigenvalue weighted by Crippen LogP contribution is 2.23. The van der Waals surface area contributed by atoms with Crippen LogP contribution >= 0.6 is 0 Å². The minimum Gasteiger partial charge on any atom is -0.340 e. The number of amides is 1. The summed E-state index contributed by atoms with van der Waals surface area (Å²) in [7, 11) is 0. The van der Waals surface area contributed by atoms with Gasteiger partial charge in [0.2, 0.25) is 5.91 Å². The summed E-state index contributed by atoms with van der Waals surface area (Å²) < 4.78 is 0. The van der Waals surface area contributed by atoms with Crippen LogP contribution in [0.25, 0.3) is 0 Å². The number of nitrogens with zero attached hydrogens (tertiary/aromatic N) is 3. The Morgan fingerprint density at radius 1 is 0.920 bits per heavy atom. The van der Waals surface area contributed by atoms with Crippen molar-refractivity contribution in [3.8, 4) is 0 Å². The first-order valence-electron chi connectivity index (χ1n) is 10.6. The van der Waals surface area contributed by atoms with E-state index < -0.39 is 0 Å². The van der Waals surface area contributed by atoms with Gasteiger partial charge in [0.05, 0.1) is 0 Å². The highest BCUT2D eigenvalue weighted by molar-refractivity contribution is 5.76. The Hall–Kier alpha value is -0.650. The molecule has 3 aliphatic heterocycles. The molecule has 25 heavy (non-hydrogen) atoms. The quantitative estimate of drug-likeness (QED) is 0.793. The van der Waals surface area contributed by atoms with Crippen molar-refractivity contribution < 1.29 is 4.79 Å². The second-order valence-corrected chi connectivity index (χ2v) is 8.47. The molecule has 0 saturated carbocycles. The highest BCUT2D eigenvalue weighted by Gasteiger charge is 2.28. The van der Waals surface area contributed by atoms with E-state index in [2.05, 4.69) is 33.9 Å². The van der Waals surface area contributed by atoms with Crippen molar-refractivity contribution in [2.24, 2.45) is 5.92 Å². The lowest BCUT2D eigenvalue weighted by molar-refractivity contribution is -0.133. The van der Waals surface area contributed by atoms with Crippen LogP contribution in [0.4, 0.5) is 0 Å². The fourth-order valence-electron chi connectivity index (χ4n) is 4.82. The summed E-state index contributed by atoms with van der Waals surface area (Å²) in [6, 6.07) is 1.49. The predicted octanol–water partition coefficient (Wildman–Crippen LogP) is 1.78. The van der Waals surface area contributed by atoms with Gasteiger partial charge >= 0.3 is 0 Å². The molecule has 0 aromatic rings. The number of hydrogen-bond donors (Lipinski definition) is 1. The molecule has 0 aromatic carbocycles. The van der Waals surface area contributed by atoms with Gasteiger partial charge in [-0.1, -0.05) is 0 Å². The van der Waals surface area contributed by atoms with Crippen LogP contribution < -0.4 is 5.32 Å². The normalized spacial score (nSPS) is 30.1. The molecule has 0 aromatic heterocycles. The number of carbonyl (C=O) groups excluding carboxylic acids is 1. The Labute approximate surface area is 154 Å². The molecule has 3 aliphatic rings. The van der Waals surface area contributed by atoms with E-state index in [9.17, 15) is 4.79 Å². The fraction of sp³-hybridized carbons (Fsp3) is 0.950. The van der Waals surface area contributed by atoms with E-state index in [1.54, 1.807) is 0 Å². The maximum absolute atomic E-state index is 12.5. The summed E-state index contributed by atoms with van der Waals surface area (Å²) in [6.07, 6.45) is 7.03. The minimum atomic E-state index is 0.389. The van der Waals surface area contributed by atoms with Gasteiger partial charge in [-0.15, -0.1) is 0 Å². The monoisotopic (exact) mass is 350 g/mol. The van der Waals surface area contributed by atoms with E-state index in [0.717, 1.165) is 76.7 Å². The average Bonchev–Trinajstić information content (AvgIpc) is 2.97. The Balaban J connectivity index is 1.31. The van der Waals surface area contributed by atoms with Gasteiger partial charge in [-0.2, -0.15) is 0 Å². The Morgan fingerprint density at radius 3 is 2.20 bits per heavy atom. The summed E-state index contributed by atoms with van der Waals surface area (Å²) in [5.74, 6) is 1.15. The van der Waals surface area contributed by atoms with Gasteiger partial charge in [-0.3, -0.25) is 14.6 Å². The van der Waals surface area contributed by atoms with Crippen molar-refractivity contribution in [3.05, 3.63) is 0 Å². The van der Waals surface area contributed by atoms with Crippen LogP contribution in [-0.2, 0) is 4.79 Å². The van der Waals surface area contributed by atoms with E-state index >= 15 is 0 Å². The van der Waals surface area contributed by atoms with Crippen LogP contribution in [0.3, 0.4) is 0 Å². The van der Waals surface area contributed by atoms with Crippen LogP contribution in [0.2, 0.25) is 0 Å². The van der Waals surface area contributed by atoms with Gasteiger partial charge in [0, 0.05) is 57.8 Å². The lowest BCUT2D eigenvalue weighted by Crippen LogP contribution is -2.50. The van der Waals surface area contributed by atoms with Gasteiger partial charge in [0.25, 0.3) is 0 Å². The molecule has 3 heterocycles. The van der Waals surface area contributed by atoms with E-state index in [4.69, 9.17) is 0 Å². The molecule has 1 N–H and O–H groups in total. The molecule has 5 heteroatoms.